The fourth-order valence-electron chi connectivity index (χ4n) is 6.24. The molecule has 4 heterocycles. The quantitative estimate of drug-likeness (QED) is 0.222. The summed E-state index contributed by atoms with van der Waals surface area (Å²) in [5.74, 6) is 2.50. The largest absolute Gasteiger partial charge is 2.00 e. The number of H-pyrrole nitrogens is 2. The van der Waals surface area contributed by atoms with Gasteiger partial charge in [0, 0.05) is 45.6 Å². The van der Waals surface area contributed by atoms with Gasteiger partial charge in [0.15, 0.2) is 12.4 Å². The van der Waals surface area contributed by atoms with Crippen LogP contribution >= 0.6 is 0 Å². The molecular weight excluding hydrogens is 794 g/mol. The van der Waals surface area contributed by atoms with Crippen LogP contribution in [0.3, 0.4) is 0 Å². The molecule has 290 valence electrons. The smallest absolute Gasteiger partial charge is 0.868 e. The van der Waals surface area contributed by atoms with Gasteiger partial charge in [-0.15, -0.1) is 0 Å². The van der Waals surface area contributed by atoms with E-state index in [9.17, 15) is 10.2 Å². The summed E-state index contributed by atoms with van der Waals surface area (Å²) in [4.78, 5) is 14.6. The number of para-hydroxylation sites is 4. The van der Waals surface area contributed by atoms with Crippen LogP contribution < -0.4 is 50.4 Å². The first kappa shape index (κ1) is 46.9. The van der Waals surface area contributed by atoms with Crippen LogP contribution in [0.25, 0.3) is 54.7 Å². The Labute approximate surface area is 391 Å². The van der Waals surface area contributed by atoms with Crippen LogP contribution in [-0.4, -0.2) is 52.6 Å². The molecule has 2 radical (unpaired) electrons. The molecule has 0 saturated heterocycles. The molecule has 62 heavy (non-hydrogen) atoms. The Kier molecular flexibility index (Phi) is 17.9. The summed E-state index contributed by atoms with van der Waals surface area (Å²) in [6.45, 7) is 1.98. The van der Waals surface area contributed by atoms with Crippen LogP contribution in [0.15, 0.2) is 195 Å². The predicted molar refractivity (Wildman–Crippen MR) is 241 cm³/mol. The normalized spacial score (nSPS) is 9.95. The number of nitrogens with one attached hydrogen (secondary N) is 2. The fourth-order valence-corrected chi connectivity index (χ4v) is 7.09. The van der Waals surface area contributed by atoms with E-state index in [1.807, 2.05) is 128 Å². The average molecular weight is 833 g/mol. The van der Waals surface area contributed by atoms with Gasteiger partial charge in [-0.05, 0) is 90.2 Å². The summed E-state index contributed by atoms with van der Waals surface area (Å²) >= 11 is 0.801. The Balaban J connectivity index is 0.000000169. The molecule has 0 fully saturated rings. The van der Waals surface area contributed by atoms with E-state index < -0.39 is 15.9 Å². The molecule has 9 nitrogen and oxygen atoms in total. The van der Waals surface area contributed by atoms with Crippen molar-refractivity contribution in [3.63, 3.8) is 0 Å². The number of pyridine rings is 4. The van der Waals surface area contributed by atoms with E-state index >= 15 is 0 Å². The molecular formula is C49H38Al2BeLiN4O5+3. The number of aromatic amines is 2. The maximum Gasteiger partial charge on any atom is 2.00 e. The Bertz CT molecular complexity index is 2880. The van der Waals surface area contributed by atoms with Crippen molar-refractivity contribution in [2.24, 2.45) is 0 Å². The number of rotatable bonds is 6. The fraction of sp³-hybridized carbons (Fsp3) is 0.0204. The minimum Gasteiger partial charge on any atom is -0.868 e. The summed E-state index contributed by atoms with van der Waals surface area (Å²) in [6, 6.07) is 56.3. The number of aromatic nitrogens is 4. The Morgan fingerprint density at radius 1 is 0.516 bits per heavy atom. The molecule has 0 aliphatic rings. The molecule has 0 atom stereocenters. The molecule has 6 aromatic carbocycles. The molecule has 0 unspecified atom stereocenters. The standard InChI is InChI=1S/C12H10O.C10H9NO.3C9H7NO.2Al.Be.Li.H/c13-12-8-6-11(7-9-12)10-4-2-1-3-5-10;1-7-5-6-8-3-2-4-9(12)10(8)11-7;3*11-8-5-1-3-7-4-2-6-10-9(7)8;;;;;/h1-9,13H;2-6,12H,1H3;3*1-6,11H;;;;;/q;;;;;+1;2*+2;+1;/p-3. The molecule has 10 aromatic rings. The summed E-state index contributed by atoms with van der Waals surface area (Å²) < 4.78 is 16.9. The molecule has 0 amide bonds. The van der Waals surface area contributed by atoms with Gasteiger partial charge in [-0.1, -0.05) is 103 Å². The van der Waals surface area contributed by atoms with Crippen molar-refractivity contribution in [1.82, 2.24) is 9.97 Å². The number of hydrogen-bond acceptors (Lipinski definition) is 7. The van der Waals surface area contributed by atoms with Gasteiger partial charge < -0.3 is 21.6 Å². The van der Waals surface area contributed by atoms with Gasteiger partial charge in [0.1, 0.15) is 22.5 Å². The maximum absolute atomic E-state index is 11.1. The van der Waals surface area contributed by atoms with Gasteiger partial charge >= 0.3 is 61.5 Å². The third-order valence-corrected chi connectivity index (χ3v) is 10.2. The molecule has 0 aliphatic carbocycles. The van der Waals surface area contributed by atoms with Crippen molar-refractivity contribution < 1.29 is 50.4 Å². The van der Waals surface area contributed by atoms with Crippen LogP contribution in [0.5, 0.6) is 28.7 Å². The number of aryl methyl sites for hydroxylation is 1. The monoisotopic (exact) mass is 832 g/mol. The van der Waals surface area contributed by atoms with E-state index in [-0.39, 0.29) is 40.5 Å². The topological polar surface area (TPSA) is 128 Å². The zero-order valence-electron chi connectivity index (χ0n) is 34.4. The van der Waals surface area contributed by atoms with Crippen molar-refractivity contribution in [2.45, 2.75) is 6.92 Å². The number of nitrogens with zero attached hydrogens (tertiary/aromatic N) is 2. The summed E-state index contributed by atoms with van der Waals surface area (Å²) in [7, 11) is 0. The van der Waals surface area contributed by atoms with Crippen molar-refractivity contribution in [3.05, 3.63) is 200 Å². The van der Waals surface area contributed by atoms with Gasteiger partial charge in [-0.3, -0.25) is 4.98 Å². The van der Waals surface area contributed by atoms with Gasteiger partial charge in [0.25, 0.3) is 0 Å². The zero-order valence-corrected chi connectivity index (χ0v) is 37.0. The van der Waals surface area contributed by atoms with Gasteiger partial charge in [0.05, 0.1) is 5.75 Å². The van der Waals surface area contributed by atoms with Crippen LogP contribution in [0.1, 0.15) is 5.69 Å². The van der Waals surface area contributed by atoms with E-state index in [0.717, 1.165) is 55.5 Å². The first-order chi connectivity index (χ1) is 29.5. The second kappa shape index (κ2) is 23.7. The first-order valence-corrected chi connectivity index (χ1v) is 20.5. The summed E-state index contributed by atoms with van der Waals surface area (Å²) in [5, 5.41) is 26.4. The molecule has 0 spiro atoms. The van der Waals surface area contributed by atoms with Crippen molar-refractivity contribution in [1.29, 1.82) is 0 Å². The number of benzene rings is 6. The number of fused-ring (bicyclic) bond motifs is 4. The molecule has 10 rings (SSSR count). The summed E-state index contributed by atoms with van der Waals surface area (Å²) in [5.41, 5.74) is 6.49. The maximum atomic E-state index is 11.1. The molecule has 13 heteroatoms. The molecule has 4 aromatic heterocycles. The number of hydrogen-bond donors (Lipinski definition) is 0. The van der Waals surface area contributed by atoms with E-state index in [2.05, 4.69) is 50.3 Å². The van der Waals surface area contributed by atoms with Crippen LogP contribution in [0.4, 0.5) is 0 Å². The second-order valence-corrected chi connectivity index (χ2v) is 14.2. The first-order valence-electron chi connectivity index (χ1n) is 19.0. The van der Waals surface area contributed by atoms with Gasteiger partial charge in [-0.2, -0.15) is 0 Å². The summed E-state index contributed by atoms with van der Waals surface area (Å²) in [6.07, 6.45) is 5.28. The molecule has 2 N–H and O–H groups in total. The SMILES string of the molecule is Cc1ccc2cccc([O][Al][O]c3ccc(-c4ccccc4)cc3)c2n1.[AlH][O]c1cccc2cccnc12.[Be+2].[Li+].[O-]c1cccc2ccc[nH+]c12.[O-]c1cccc2ccc[nH+]c12. The minimum atomic E-state index is -0.665. The second-order valence-electron chi connectivity index (χ2n) is 13.3. The Morgan fingerprint density at radius 3 is 1.66 bits per heavy atom. The minimum absolute atomic E-state index is 0. The average Bonchev–Trinajstić information content (AvgIpc) is 3.30. The Hall–Kier alpha value is -6.21. The third-order valence-electron chi connectivity index (χ3n) is 9.21. The molecule has 0 aliphatic heterocycles. The Morgan fingerprint density at radius 2 is 1.05 bits per heavy atom. The van der Waals surface area contributed by atoms with Gasteiger partial charge in [-0.25, -0.2) is 15.0 Å². The van der Waals surface area contributed by atoms with E-state index in [0.29, 0.717) is 11.0 Å². The molecule has 0 bridgehead atoms. The van der Waals surface area contributed by atoms with E-state index in [1.165, 1.54) is 27.8 Å². The van der Waals surface area contributed by atoms with Crippen LogP contribution in [0.2, 0.25) is 0 Å². The zero-order chi connectivity index (χ0) is 41.5. The van der Waals surface area contributed by atoms with Crippen LogP contribution in [0, 0.1) is 6.92 Å². The van der Waals surface area contributed by atoms with E-state index in [1.54, 1.807) is 42.9 Å². The van der Waals surface area contributed by atoms with E-state index in [4.69, 9.17) is 11.4 Å². The third kappa shape index (κ3) is 12.4. The van der Waals surface area contributed by atoms with Crippen molar-refractivity contribution in [3.8, 4) is 39.9 Å². The van der Waals surface area contributed by atoms with Crippen LogP contribution in [-0.2, 0) is 0 Å². The predicted octanol–water partition coefficient (Wildman–Crippen LogP) is 4.71. The van der Waals surface area contributed by atoms with Gasteiger partial charge in [0.2, 0.25) is 11.0 Å². The van der Waals surface area contributed by atoms with Crippen molar-refractivity contribution in [2.75, 3.05) is 0 Å². The van der Waals surface area contributed by atoms with Crippen molar-refractivity contribution >= 4 is 86.2 Å². The molecule has 0 saturated carbocycles.